The molecule has 0 aliphatic carbocycles. The minimum Gasteiger partial charge on any atom is -0.467 e. The number of amides is 4. The van der Waals surface area contributed by atoms with Gasteiger partial charge in [0, 0.05) is 28.2 Å². The molecular weight excluding hydrogens is 1010 g/mol. The molecule has 4 amide bonds. The van der Waals surface area contributed by atoms with E-state index in [1.54, 1.807) is 17.0 Å². The van der Waals surface area contributed by atoms with Crippen LogP contribution in [0.1, 0.15) is 60.6 Å². The Morgan fingerprint density at radius 1 is 0.612 bits per heavy atom. The maximum atomic E-state index is 13.2. The number of hydrogen-bond donors (Lipinski definition) is 4. The first-order valence-corrected chi connectivity index (χ1v) is 22.4. The van der Waals surface area contributed by atoms with E-state index in [9.17, 15) is 44.0 Å². The van der Waals surface area contributed by atoms with E-state index in [4.69, 9.17) is 28.7 Å². The molecule has 0 saturated heterocycles. The standard InChI is InChI=1S/C14H15ClF2N6O6S2.C14H16F2N6O6S2.2C2H6.2CH4/c1-23(2)29-31(26)9-7-5-4-6-8(9)30(25)28-22-12(24)20-11-18-10(14(15,16)17)19-13(21-11)27-3;1-22(2)28-30(25)9-7-5-4-6-8(9)29(24)27-21-13(23)19-12-17-11(10(15)16)18-14(20-12)26-3;2*1-2;;/h4-7H,1-3H3,(H2,18,19,20,21,22,24);4-7,10H,1-3H3,(H2,17,18,19,20,21,23);2*1-2H3;2*1H4. The van der Waals surface area contributed by atoms with Crippen molar-refractivity contribution in [3.05, 3.63) is 60.2 Å². The summed E-state index contributed by atoms with van der Waals surface area (Å²) < 4.78 is 130. The van der Waals surface area contributed by atoms with Gasteiger partial charge in [-0.15, -0.1) is 0 Å². The smallest absolute Gasteiger partial charge is 0.382 e. The zero-order valence-electron chi connectivity index (χ0n) is 35.7. The predicted octanol–water partition coefficient (Wildman–Crippen LogP) is 5.89. The lowest BCUT2D eigenvalue weighted by Crippen LogP contribution is -2.31. The van der Waals surface area contributed by atoms with Gasteiger partial charge in [-0.2, -0.15) is 65.9 Å². The molecule has 4 rings (SSSR count). The Kier molecular flexibility index (Phi) is 31.2. The fourth-order valence-electron chi connectivity index (χ4n) is 3.54. The highest BCUT2D eigenvalue weighted by Crippen LogP contribution is 2.30. The van der Waals surface area contributed by atoms with Gasteiger partial charge in [-0.25, -0.2) is 46.2 Å². The molecule has 4 aromatic rings. The van der Waals surface area contributed by atoms with Crippen molar-refractivity contribution in [2.24, 2.45) is 0 Å². The molecule has 24 nitrogen and oxygen atoms in total. The monoisotopic (exact) mass is 1060 g/mol. The zero-order valence-corrected chi connectivity index (χ0v) is 39.7. The second kappa shape index (κ2) is 32.6. The van der Waals surface area contributed by atoms with Crippen molar-refractivity contribution in [1.82, 2.24) is 51.0 Å². The lowest BCUT2D eigenvalue weighted by atomic mass is 10.4. The van der Waals surface area contributed by atoms with Crippen LogP contribution in [0.25, 0.3) is 0 Å². The van der Waals surface area contributed by atoms with E-state index in [1.165, 1.54) is 80.8 Å². The van der Waals surface area contributed by atoms with Gasteiger partial charge in [-0.05, 0) is 35.9 Å². The molecule has 4 atom stereocenters. The van der Waals surface area contributed by atoms with Crippen molar-refractivity contribution in [3.63, 3.8) is 0 Å². The first-order chi connectivity index (χ1) is 30.7. The highest BCUT2D eigenvalue weighted by molar-refractivity contribution is 7.83. The maximum absolute atomic E-state index is 13.2. The third-order valence-corrected chi connectivity index (χ3v) is 10.4. The highest BCUT2D eigenvalue weighted by atomic mass is 35.5. The first-order valence-electron chi connectivity index (χ1n) is 17.7. The van der Waals surface area contributed by atoms with Crippen LogP contribution in [0.5, 0.6) is 12.0 Å². The molecule has 0 spiro atoms. The Labute approximate surface area is 399 Å². The molecule has 0 radical (unpaired) electrons. The summed E-state index contributed by atoms with van der Waals surface area (Å²) in [6, 6.07) is 8.29. The third-order valence-electron chi connectivity index (χ3n) is 5.78. The number of hydrogen-bond acceptors (Lipinski definition) is 20. The van der Waals surface area contributed by atoms with Crippen molar-refractivity contribution in [2.45, 2.75) is 73.9 Å². The zero-order chi connectivity index (χ0) is 49.4. The van der Waals surface area contributed by atoms with Crippen molar-refractivity contribution >= 4 is 79.9 Å². The SMILES string of the molecule is C.C.CC.CC.COc1nc(NC(=O)NOS(=O)c2ccccc2S(=O)ON(C)C)nc(C(F)(F)Cl)n1.COc1nc(NC(=O)NOS(=O)c2ccccc2S(=O)ON(C)C)nc(C(F)F)n1. The molecular formula is C34H51ClF4N12O12S4. The minimum atomic E-state index is -3.95. The average molecular weight is 1060 g/mol. The fraction of sp³-hybridized carbons (Fsp3) is 0.412. The Balaban J connectivity index is 0. The molecule has 0 bridgehead atoms. The van der Waals surface area contributed by atoms with Crippen LogP contribution in [-0.2, 0) is 66.8 Å². The van der Waals surface area contributed by atoms with Crippen LogP contribution in [0.3, 0.4) is 0 Å². The number of methoxy groups -OCH3 is 2. The second-order valence-electron chi connectivity index (χ2n) is 10.7. The summed E-state index contributed by atoms with van der Waals surface area (Å²) in [5, 5.41) is 2.40. The number of aromatic nitrogens is 6. The van der Waals surface area contributed by atoms with Gasteiger partial charge >= 0.3 is 29.5 Å². The van der Waals surface area contributed by atoms with Gasteiger partial charge in [0.15, 0.2) is 0 Å². The van der Waals surface area contributed by atoms with Gasteiger partial charge in [0.25, 0.3) is 6.43 Å². The molecule has 0 aliphatic heterocycles. The van der Waals surface area contributed by atoms with Crippen LogP contribution in [0.4, 0.5) is 39.0 Å². The quantitative estimate of drug-likeness (QED) is 0.0513. The molecule has 33 heteroatoms. The number of ether oxygens (including phenoxy) is 2. The molecule has 0 saturated carbocycles. The van der Waals surface area contributed by atoms with E-state index in [0.717, 1.165) is 14.2 Å². The van der Waals surface area contributed by atoms with E-state index in [0.29, 0.717) is 0 Å². The molecule has 4 unspecified atom stereocenters. The van der Waals surface area contributed by atoms with Crippen molar-refractivity contribution in [2.75, 3.05) is 53.0 Å². The normalized spacial score (nSPS) is 12.3. The number of anilines is 2. The number of nitrogens with one attached hydrogen (secondary N) is 4. The number of urea groups is 2. The van der Waals surface area contributed by atoms with Gasteiger partial charge < -0.3 is 9.47 Å². The number of nitrogens with zero attached hydrogens (tertiary/aromatic N) is 8. The van der Waals surface area contributed by atoms with E-state index in [2.05, 4.69) is 39.4 Å². The fourth-order valence-corrected chi connectivity index (χ4v) is 7.32. The van der Waals surface area contributed by atoms with Crippen LogP contribution in [-0.4, -0.2) is 111 Å². The summed E-state index contributed by atoms with van der Waals surface area (Å²) >= 11 is -3.73. The average Bonchev–Trinajstić information content (AvgIpc) is 3.27. The Morgan fingerprint density at radius 3 is 1.28 bits per heavy atom. The molecule has 67 heavy (non-hydrogen) atoms. The molecule has 0 aliphatic rings. The molecule has 2 aromatic heterocycles. The number of rotatable bonds is 18. The van der Waals surface area contributed by atoms with E-state index < -0.39 is 104 Å². The summed E-state index contributed by atoms with van der Waals surface area (Å²) in [6.07, 6.45) is -3.03. The predicted molar refractivity (Wildman–Crippen MR) is 238 cm³/mol. The van der Waals surface area contributed by atoms with Crippen molar-refractivity contribution in [1.29, 1.82) is 0 Å². The number of halogens is 5. The van der Waals surface area contributed by atoms with Crippen LogP contribution >= 0.6 is 11.6 Å². The van der Waals surface area contributed by atoms with Gasteiger partial charge in [0.1, 0.15) is 0 Å². The Bertz CT molecular complexity index is 2260. The summed E-state index contributed by atoms with van der Waals surface area (Å²) in [5.41, 5.74) is 3.56. The Hall–Kier alpha value is -5.03. The van der Waals surface area contributed by atoms with Crippen molar-refractivity contribution in [3.8, 4) is 12.0 Å². The van der Waals surface area contributed by atoms with E-state index in [1.807, 2.05) is 38.3 Å². The van der Waals surface area contributed by atoms with E-state index in [-0.39, 0.29) is 34.4 Å². The van der Waals surface area contributed by atoms with Gasteiger partial charge in [-0.3, -0.25) is 10.6 Å². The highest BCUT2D eigenvalue weighted by Gasteiger charge is 2.34. The second-order valence-corrected chi connectivity index (χ2v) is 15.4. The van der Waals surface area contributed by atoms with Crippen molar-refractivity contribution < 1.29 is 70.6 Å². The summed E-state index contributed by atoms with van der Waals surface area (Å²) in [7, 11) is 8.26. The minimum absolute atomic E-state index is 0. The number of carbonyl (C=O) groups excluding carboxylic acids is 2. The lowest BCUT2D eigenvalue weighted by Gasteiger charge is -2.12. The topological polar surface area (TPSA) is 290 Å². The van der Waals surface area contributed by atoms with Crippen LogP contribution in [0.15, 0.2) is 68.1 Å². The number of carbonyl (C=O) groups is 2. The molecule has 378 valence electrons. The summed E-state index contributed by atoms with van der Waals surface area (Å²) in [6.45, 7) is 8.00. The lowest BCUT2D eigenvalue weighted by molar-refractivity contribution is 0.0132. The molecule has 0 fully saturated rings. The largest absolute Gasteiger partial charge is 0.467 e. The summed E-state index contributed by atoms with van der Waals surface area (Å²) in [5.74, 6) is -3.28. The Morgan fingerprint density at radius 2 is 0.955 bits per heavy atom. The molecule has 2 heterocycles. The number of alkyl halides is 5. The van der Waals surface area contributed by atoms with E-state index >= 15 is 0 Å². The number of benzene rings is 2. The molecule has 4 N–H and O–H groups in total. The van der Waals surface area contributed by atoms with Crippen LogP contribution in [0.2, 0.25) is 0 Å². The molecule has 2 aromatic carbocycles. The van der Waals surface area contributed by atoms with Crippen LogP contribution in [0, 0.1) is 0 Å². The maximum Gasteiger partial charge on any atom is 0.382 e. The van der Waals surface area contributed by atoms with Gasteiger partial charge in [-0.1, -0.05) is 66.8 Å². The summed E-state index contributed by atoms with van der Waals surface area (Å²) in [4.78, 5) is 44.2. The van der Waals surface area contributed by atoms with Crippen LogP contribution < -0.4 is 31.1 Å². The number of hydroxylamine groups is 6. The first kappa shape index (κ1) is 64.1. The third kappa shape index (κ3) is 22.5. The van der Waals surface area contributed by atoms with Gasteiger partial charge in [0.2, 0.25) is 67.9 Å². The van der Waals surface area contributed by atoms with Gasteiger partial charge in [0.05, 0.1) is 33.8 Å².